The molecule has 2 unspecified atom stereocenters. The van der Waals surface area contributed by atoms with Crippen LogP contribution in [0.15, 0.2) is 53.0 Å². The number of morpholine rings is 1. The van der Waals surface area contributed by atoms with Gasteiger partial charge in [0.1, 0.15) is 6.10 Å². The first-order valence-corrected chi connectivity index (χ1v) is 11.3. The molecule has 4 rings (SSSR count). The number of carbonyl (C=O) groups excluding carboxylic acids is 2. The van der Waals surface area contributed by atoms with Gasteiger partial charge in [-0.2, -0.15) is 0 Å². The normalized spacial score (nSPS) is 22.1. The number of amides is 2. The highest BCUT2D eigenvalue weighted by molar-refractivity contribution is 9.10. The average Bonchev–Trinajstić information content (AvgIpc) is 2.79. The molecule has 2 aliphatic rings. The molecule has 0 aliphatic carbocycles. The van der Waals surface area contributed by atoms with Crippen LogP contribution < -0.4 is 0 Å². The molecule has 2 saturated heterocycles. The van der Waals surface area contributed by atoms with E-state index in [1.807, 2.05) is 65.3 Å². The lowest BCUT2D eigenvalue weighted by Gasteiger charge is -2.38. The Morgan fingerprint density at radius 1 is 0.967 bits per heavy atom. The van der Waals surface area contributed by atoms with Crippen LogP contribution in [0.3, 0.4) is 0 Å². The van der Waals surface area contributed by atoms with Crippen molar-refractivity contribution in [2.24, 2.45) is 5.92 Å². The van der Waals surface area contributed by atoms with Gasteiger partial charge in [-0.25, -0.2) is 0 Å². The number of carbonyl (C=O) groups is 2. The second-order valence-electron chi connectivity index (χ2n) is 8.15. The van der Waals surface area contributed by atoms with Crippen molar-refractivity contribution in [1.82, 2.24) is 9.80 Å². The first-order chi connectivity index (χ1) is 14.5. The van der Waals surface area contributed by atoms with Crippen LogP contribution in [0.25, 0.3) is 0 Å². The summed E-state index contributed by atoms with van der Waals surface area (Å²) < 4.78 is 6.95. The Balaban J connectivity index is 1.40. The summed E-state index contributed by atoms with van der Waals surface area (Å²) in [6.45, 7) is 4.91. The molecule has 0 spiro atoms. The molecule has 0 radical (unpaired) electrons. The number of likely N-dealkylation sites (tertiary alicyclic amines) is 1. The van der Waals surface area contributed by atoms with E-state index < -0.39 is 0 Å². The molecule has 2 fully saturated rings. The Morgan fingerprint density at radius 2 is 1.70 bits per heavy atom. The number of piperidine rings is 1. The van der Waals surface area contributed by atoms with Gasteiger partial charge in [0.15, 0.2) is 0 Å². The number of halogens is 1. The smallest absolute Gasteiger partial charge is 0.253 e. The number of benzene rings is 2. The summed E-state index contributed by atoms with van der Waals surface area (Å²) in [5, 5.41) is 0. The molecule has 0 bridgehead atoms. The van der Waals surface area contributed by atoms with Gasteiger partial charge >= 0.3 is 0 Å². The Morgan fingerprint density at radius 3 is 2.43 bits per heavy atom. The molecule has 2 aliphatic heterocycles. The molecule has 0 aromatic heterocycles. The summed E-state index contributed by atoms with van der Waals surface area (Å²) in [6.07, 6.45) is 1.58. The zero-order chi connectivity index (χ0) is 21.1. The van der Waals surface area contributed by atoms with E-state index in [-0.39, 0.29) is 23.8 Å². The van der Waals surface area contributed by atoms with E-state index in [9.17, 15) is 9.59 Å². The highest BCUT2D eigenvalue weighted by atomic mass is 79.9. The predicted octanol–water partition coefficient (Wildman–Crippen LogP) is 4.21. The highest BCUT2D eigenvalue weighted by Gasteiger charge is 2.34. The van der Waals surface area contributed by atoms with E-state index in [1.165, 1.54) is 0 Å². The van der Waals surface area contributed by atoms with Gasteiger partial charge in [-0.15, -0.1) is 0 Å². The standard InChI is InChI=1S/C24H27BrN2O3/c1-17-4-6-19(7-5-17)23(28)26-12-2-3-20(15-26)24(29)27-13-14-30-22(16-27)18-8-10-21(25)11-9-18/h4-11,20,22H,2-3,12-16H2,1H3. The summed E-state index contributed by atoms with van der Waals surface area (Å²) in [7, 11) is 0. The van der Waals surface area contributed by atoms with Gasteiger partial charge in [-0.3, -0.25) is 9.59 Å². The lowest BCUT2D eigenvalue weighted by Crippen LogP contribution is -2.50. The number of hydrogen-bond donors (Lipinski definition) is 0. The molecule has 6 heteroatoms. The largest absolute Gasteiger partial charge is 0.370 e. The maximum atomic E-state index is 13.3. The van der Waals surface area contributed by atoms with Crippen molar-refractivity contribution in [3.8, 4) is 0 Å². The van der Waals surface area contributed by atoms with Gasteiger partial charge in [0, 0.05) is 29.7 Å². The number of hydrogen-bond acceptors (Lipinski definition) is 3. The van der Waals surface area contributed by atoms with Crippen molar-refractivity contribution in [3.63, 3.8) is 0 Å². The first kappa shape index (κ1) is 21.1. The number of rotatable bonds is 3. The molecule has 2 aromatic carbocycles. The number of nitrogens with zero attached hydrogens (tertiary/aromatic N) is 2. The fraction of sp³-hybridized carbons (Fsp3) is 0.417. The molecule has 5 nitrogen and oxygen atoms in total. The van der Waals surface area contributed by atoms with E-state index >= 15 is 0 Å². The molecule has 2 amide bonds. The van der Waals surface area contributed by atoms with Crippen LogP contribution in [0, 0.1) is 12.8 Å². The van der Waals surface area contributed by atoms with Crippen molar-refractivity contribution in [2.75, 3.05) is 32.8 Å². The van der Waals surface area contributed by atoms with Crippen LogP contribution in [-0.4, -0.2) is 54.4 Å². The van der Waals surface area contributed by atoms with Gasteiger partial charge < -0.3 is 14.5 Å². The average molecular weight is 471 g/mol. The summed E-state index contributed by atoms with van der Waals surface area (Å²) >= 11 is 3.46. The lowest BCUT2D eigenvalue weighted by molar-refractivity contribution is -0.144. The zero-order valence-electron chi connectivity index (χ0n) is 17.2. The lowest BCUT2D eigenvalue weighted by atomic mass is 9.95. The molecular formula is C24H27BrN2O3. The van der Waals surface area contributed by atoms with Crippen molar-refractivity contribution in [2.45, 2.75) is 25.9 Å². The van der Waals surface area contributed by atoms with E-state index in [1.54, 1.807) is 0 Å². The van der Waals surface area contributed by atoms with Crippen molar-refractivity contribution >= 4 is 27.7 Å². The summed E-state index contributed by atoms with van der Waals surface area (Å²) in [6, 6.07) is 15.7. The van der Waals surface area contributed by atoms with E-state index in [0.29, 0.717) is 38.3 Å². The third kappa shape index (κ3) is 4.76. The maximum Gasteiger partial charge on any atom is 0.253 e. The van der Waals surface area contributed by atoms with E-state index in [4.69, 9.17) is 4.74 Å². The highest BCUT2D eigenvalue weighted by Crippen LogP contribution is 2.27. The van der Waals surface area contributed by atoms with Gasteiger partial charge in [0.2, 0.25) is 5.91 Å². The van der Waals surface area contributed by atoms with Crippen LogP contribution >= 0.6 is 15.9 Å². The Kier molecular flexibility index (Phi) is 6.54. The first-order valence-electron chi connectivity index (χ1n) is 10.5. The third-order valence-electron chi connectivity index (χ3n) is 5.98. The molecule has 2 heterocycles. The summed E-state index contributed by atoms with van der Waals surface area (Å²) in [4.78, 5) is 29.9. The third-order valence-corrected chi connectivity index (χ3v) is 6.50. The minimum absolute atomic E-state index is 0.0159. The zero-order valence-corrected chi connectivity index (χ0v) is 18.8. The van der Waals surface area contributed by atoms with Crippen molar-refractivity contribution in [3.05, 3.63) is 69.7 Å². The maximum absolute atomic E-state index is 13.3. The summed E-state index contributed by atoms with van der Waals surface area (Å²) in [5.74, 6) is 0.0147. The summed E-state index contributed by atoms with van der Waals surface area (Å²) in [5.41, 5.74) is 2.90. The molecular weight excluding hydrogens is 444 g/mol. The Bertz CT molecular complexity index is 898. The van der Waals surface area contributed by atoms with Crippen molar-refractivity contribution in [1.29, 1.82) is 0 Å². The van der Waals surface area contributed by atoms with Gasteiger partial charge in [0.25, 0.3) is 5.91 Å². The van der Waals surface area contributed by atoms with E-state index in [2.05, 4.69) is 15.9 Å². The topological polar surface area (TPSA) is 49.9 Å². The van der Waals surface area contributed by atoms with Gasteiger partial charge in [0.05, 0.1) is 19.1 Å². The monoisotopic (exact) mass is 470 g/mol. The fourth-order valence-electron chi connectivity index (χ4n) is 4.23. The Labute approximate surface area is 186 Å². The van der Waals surface area contributed by atoms with Crippen LogP contribution in [-0.2, 0) is 9.53 Å². The molecule has 0 N–H and O–H groups in total. The quantitative estimate of drug-likeness (QED) is 0.674. The van der Waals surface area contributed by atoms with Crippen LogP contribution in [0.4, 0.5) is 0 Å². The number of aryl methyl sites for hydroxylation is 1. The predicted molar refractivity (Wildman–Crippen MR) is 119 cm³/mol. The molecule has 2 aromatic rings. The Hall–Kier alpha value is -2.18. The minimum Gasteiger partial charge on any atom is -0.370 e. The van der Waals surface area contributed by atoms with Gasteiger partial charge in [-0.05, 0) is 49.6 Å². The minimum atomic E-state index is -0.142. The second-order valence-corrected chi connectivity index (χ2v) is 9.07. The van der Waals surface area contributed by atoms with E-state index in [0.717, 1.165) is 28.4 Å². The molecule has 30 heavy (non-hydrogen) atoms. The molecule has 0 saturated carbocycles. The fourth-order valence-corrected chi connectivity index (χ4v) is 4.49. The molecule has 158 valence electrons. The molecule has 2 atom stereocenters. The van der Waals surface area contributed by atoms with Crippen LogP contribution in [0.5, 0.6) is 0 Å². The van der Waals surface area contributed by atoms with Gasteiger partial charge in [-0.1, -0.05) is 45.8 Å². The van der Waals surface area contributed by atoms with Crippen molar-refractivity contribution < 1.29 is 14.3 Å². The number of ether oxygens (including phenoxy) is 1. The van der Waals surface area contributed by atoms with Crippen LogP contribution in [0.1, 0.15) is 40.4 Å². The van der Waals surface area contributed by atoms with Crippen LogP contribution in [0.2, 0.25) is 0 Å². The second kappa shape index (κ2) is 9.31. The SMILES string of the molecule is Cc1ccc(C(=O)N2CCCC(C(=O)N3CCOC(c4ccc(Br)cc4)C3)C2)cc1.